The van der Waals surface area contributed by atoms with Gasteiger partial charge in [0.25, 0.3) is 16.6 Å². The first kappa shape index (κ1) is 18.4. The Morgan fingerprint density at radius 2 is 1.89 bits per heavy atom. The highest BCUT2D eigenvalue weighted by molar-refractivity contribution is 7.90. The lowest BCUT2D eigenvalue weighted by molar-refractivity contribution is -0.388. The van der Waals surface area contributed by atoms with Crippen LogP contribution < -0.4 is 5.73 Å². The van der Waals surface area contributed by atoms with Crippen LogP contribution in [0.4, 0.5) is 24.8 Å². The van der Waals surface area contributed by atoms with Gasteiger partial charge < -0.3 is 5.73 Å². The van der Waals surface area contributed by atoms with Crippen molar-refractivity contribution in [3.63, 3.8) is 0 Å². The molecule has 0 spiro atoms. The van der Waals surface area contributed by atoms with E-state index in [1.54, 1.807) is 0 Å². The number of hydrogen-bond donors (Lipinski definition) is 1. The summed E-state index contributed by atoms with van der Waals surface area (Å²) in [4.78, 5) is 20.9. The summed E-state index contributed by atoms with van der Waals surface area (Å²) in [5.74, 6) is -0.931. The summed E-state index contributed by atoms with van der Waals surface area (Å²) < 4.78 is 62.6. The summed E-state index contributed by atoms with van der Waals surface area (Å²) in [6.07, 6.45) is -4.08. The Kier molecular flexibility index (Phi) is 3.98. The molecule has 2 N–H and O–H groups in total. The maximum atomic E-state index is 12.9. The van der Waals surface area contributed by atoms with Crippen LogP contribution in [0.2, 0.25) is 0 Å². The number of nitrogens with zero attached hydrogens (tertiary/aromatic N) is 6. The number of halogens is 3. The largest absolute Gasteiger partial charge is 0.422 e. The first-order valence-corrected chi connectivity index (χ1v) is 8.73. The molecule has 0 bridgehead atoms. The number of alkyl halides is 3. The molecule has 2 aromatic heterocycles. The van der Waals surface area contributed by atoms with E-state index in [9.17, 15) is 31.7 Å². The van der Waals surface area contributed by atoms with E-state index in [1.807, 2.05) is 0 Å². The maximum Gasteiger partial charge on any atom is 0.422 e. The second-order valence-corrected chi connectivity index (χ2v) is 7.18. The van der Waals surface area contributed by atoms with Crippen molar-refractivity contribution in [2.24, 2.45) is 0 Å². The lowest BCUT2D eigenvalue weighted by atomic mass is 10.1. The van der Waals surface area contributed by atoms with Gasteiger partial charge in [0.05, 0.1) is 4.92 Å². The number of nitrogens with two attached hydrogens (primary N) is 1. The maximum absolute atomic E-state index is 12.9. The third kappa shape index (κ3) is 3.35. The molecule has 3 rings (SSSR count). The van der Waals surface area contributed by atoms with E-state index in [0.29, 0.717) is 12.1 Å². The molecule has 15 heteroatoms. The molecule has 0 saturated heterocycles. The molecule has 27 heavy (non-hydrogen) atoms. The van der Waals surface area contributed by atoms with Crippen LogP contribution in [-0.4, -0.2) is 44.2 Å². The standard InChI is InChI=1S/C12H8F3N7O4S/c1-27(25,26)11-18-9(16)21-10(19-11)17-8(20-21)5-2-3-6(12(13,14)15)7(4-5)22(23)24/h2-4H,1H3,(H2,16,17,18,19,20). The quantitative estimate of drug-likeness (QED) is 0.499. The molecular weight excluding hydrogens is 395 g/mol. The van der Waals surface area contributed by atoms with Crippen LogP contribution in [-0.2, 0) is 16.0 Å². The zero-order valence-corrected chi connectivity index (χ0v) is 14.0. The SMILES string of the molecule is CS(=O)(=O)c1nc(N)n2nc(-c3ccc(C(F)(F)F)c([N+](=O)[O-])c3)nc2n1. The molecule has 0 aliphatic heterocycles. The smallest absolute Gasteiger partial charge is 0.368 e. The third-order valence-electron chi connectivity index (χ3n) is 3.30. The fraction of sp³-hybridized carbons (Fsp3) is 0.167. The van der Waals surface area contributed by atoms with Crippen molar-refractivity contribution in [3.8, 4) is 11.4 Å². The van der Waals surface area contributed by atoms with Crippen molar-refractivity contribution in [2.45, 2.75) is 11.3 Å². The number of sulfone groups is 1. The molecule has 0 aliphatic carbocycles. The van der Waals surface area contributed by atoms with Crippen LogP contribution >= 0.6 is 0 Å². The predicted octanol–water partition coefficient (Wildman–Crippen LogP) is 1.10. The minimum absolute atomic E-state index is 0.125. The molecule has 0 unspecified atom stereocenters. The van der Waals surface area contributed by atoms with Crippen molar-refractivity contribution in [3.05, 3.63) is 33.9 Å². The van der Waals surface area contributed by atoms with Gasteiger partial charge in [-0.2, -0.15) is 32.6 Å². The fourth-order valence-electron chi connectivity index (χ4n) is 2.14. The third-order valence-corrected chi connectivity index (χ3v) is 4.15. The van der Waals surface area contributed by atoms with Crippen LogP contribution in [0.25, 0.3) is 17.2 Å². The number of rotatable bonds is 3. The summed E-state index contributed by atoms with van der Waals surface area (Å²) in [5, 5.41) is 14.2. The minimum atomic E-state index is -4.92. The Morgan fingerprint density at radius 3 is 2.44 bits per heavy atom. The molecule has 2 heterocycles. The van der Waals surface area contributed by atoms with Crippen molar-refractivity contribution < 1.29 is 26.5 Å². The predicted molar refractivity (Wildman–Crippen MR) is 83.2 cm³/mol. The first-order chi connectivity index (χ1) is 12.4. The van der Waals surface area contributed by atoms with Gasteiger partial charge in [-0.3, -0.25) is 10.1 Å². The molecule has 11 nitrogen and oxygen atoms in total. The summed E-state index contributed by atoms with van der Waals surface area (Å²) in [6, 6.07) is 2.11. The summed E-state index contributed by atoms with van der Waals surface area (Å²) in [6.45, 7) is 0. The number of fused-ring (bicyclic) bond motifs is 1. The second-order valence-electron chi connectivity index (χ2n) is 5.27. The number of nitro benzene ring substituents is 1. The van der Waals surface area contributed by atoms with E-state index in [1.165, 1.54) is 0 Å². The van der Waals surface area contributed by atoms with E-state index in [-0.39, 0.29) is 23.1 Å². The van der Waals surface area contributed by atoms with E-state index in [4.69, 9.17) is 5.73 Å². The monoisotopic (exact) mass is 403 g/mol. The first-order valence-electron chi connectivity index (χ1n) is 6.84. The average Bonchev–Trinajstić information content (AvgIpc) is 2.97. The van der Waals surface area contributed by atoms with Gasteiger partial charge in [-0.1, -0.05) is 6.07 Å². The van der Waals surface area contributed by atoms with Crippen LogP contribution in [0.1, 0.15) is 5.56 Å². The highest BCUT2D eigenvalue weighted by Gasteiger charge is 2.38. The van der Waals surface area contributed by atoms with E-state index < -0.39 is 37.3 Å². The Labute approximate surface area is 147 Å². The van der Waals surface area contributed by atoms with Gasteiger partial charge in [-0.15, -0.1) is 5.10 Å². The summed E-state index contributed by atoms with van der Waals surface area (Å²) in [7, 11) is -3.81. The number of nitrogen functional groups attached to an aromatic ring is 1. The summed E-state index contributed by atoms with van der Waals surface area (Å²) >= 11 is 0. The zero-order valence-electron chi connectivity index (χ0n) is 13.2. The van der Waals surface area contributed by atoms with Crippen LogP contribution in [0.15, 0.2) is 23.4 Å². The van der Waals surface area contributed by atoms with Gasteiger partial charge in [-0.05, 0) is 6.07 Å². The number of benzene rings is 1. The van der Waals surface area contributed by atoms with Crippen molar-refractivity contribution in [1.29, 1.82) is 0 Å². The Bertz CT molecular complexity index is 1190. The number of nitro groups is 1. The molecule has 3 aromatic rings. The zero-order chi connectivity index (χ0) is 20.1. The van der Waals surface area contributed by atoms with Gasteiger partial charge in [0, 0.05) is 17.9 Å². The van der Waals surface area contributed by atoms with Gasteiger partial charge in [-0.25, -0.2) is 8.42 Å². The molecule has 1 aromatic carbocycles. The molecule has 0 aliphatic rings. The average molecular weight is 403 g/mol. The minimum Gasteiger partial charge on any atom is -0.368 e. The lowest BCUT2D eigenvalue weighted by Gasteiger charge is -2.07. The van der Waals surface area contributed by atoms with E-state index >= 15 is 0 Å². The molecule has 0 amide bonds. The van der Waals surface area contributed by atoms with Gasteiger partial charge in [0.1, 0.15) is 5.56 Å². The molecule has 142 valence electrons. The number of anilines is 1. The lowest BCUT2D eigenvalue weighted by Crippen LogP contribution is -2.11. The highest BCUT2D eigenvalue weighted by Crippen LogP contribution is 2.37. The normalized spacial score (nSPS) is 12.4. The molecular formula is C12H8F3N7O4S. The van der Waals surface area contributed by atoms with Crippen molar-refractivity contribution in [2.75, 3.05) is 12.0 Å². The van der Waals surface area contributed by atoms with Gasteiger partial charge in [0.2, 0.25) is 15.8 Å². The second kappa shape index (κ2) is 5.83. The highest BCUT2D eigenvalue weighted by atomic mass is 32.2. The van der Waals surface area contributed by atoms with E-state index in [2.05, 4.69) is 20.1 Å². The molecule has 0 fully saturated rings. The van der Waals surface area contributed by atoms with Crippen LogP contribution in [0.3, 0.4) is 0 Å². The molecule has 0 radical (unpaired) electrons. The fourth-order valence-corrected chi connectivity index (χ4v) is 2.64. The Hall–Kier alpha value is -3.36. The molecule has 0 atom stereocenters. The van der Waals surface area contributed by atoms with Gasteiger partial charge >= 0.3 is 6.18 Å². The van der Waals surface area contributed by atoms with Crippen molar-refractivity contribution in [1.82, 2.24) is 24.6 Å². The number of hydrogen-bond acceptors (Lipinski definition) is 9. The Morgan fingerprint density at radius 1 is 1.22 bits per heavy atom. The van der Waals surface area contributed by atoms with Crippen LogP contribution in [0.5, 0.6) is 0 Å². The number of aromatic nitrogens is 5. The van der Waals surface area contributed by atoms with E-state index in [0.717, 1.165) is 16.8 Å². The topological polar surface area (TPSA) is 159 Å². The van der Waals surface area contributed by atoms with Crippen LogP contribution in [0, 0.1) is 10.1 Å². The van der Waals surface area contributed by atoms with Crippen molar-refractivity contribution >= 4 is 27.3 Å². The summed E-state index contributed by atoms with van der Waals surface area (Å²) in [5.41, 5.74) is 2.85. The van der Waals surface area contributed by atoms with Gasteiger partial charge in [0.15, 0.2) is 5.82 Å². The Balaban J connectivity index is 2.20. The molecule has 0 saturated carbocycles.